The Morgan fingerprint density at radius 2 is 2.12 bits per heavy atom. The largest absolute Gasteiger partial charge is 0.480 e. The average Bonchev–Trinajstić information content (AvgIpc) is 2.37. The number of aromatic nitrogens is 1. The topological polar surface area (TPSA) is 39.2 Å². The normalized spacial score (nSPS) is 10.0. The molecule has 3 heteroatoms. The Hall–Kier alpha value is -2.16. The summed E-state index contributed by atoms with van der Waals surface area (Å²) in [6, 6.07) is 9.80. The molecule has 0 amide bonds. The van der Waals surface area contributed by atoms with Crippen molar-refractivity contribution in [3.8, 4) is 17.0 Å². The number of carbonyl (C=O) groups is 1. The summed E-state index contributed by atoms with van der Waals surface area (Å²) in [5.41, 5.74) is 3.47. The summed E-state index contributed by atoms with van der Waals surface area (Å²) in [4.78, 5) is 15.2. The second-order valence-corrected chi connectivity index (χ2v) is 3.77. The van der Waals surface area contributed by atoms with Crippen molar-refractivity contribution >= 4 is 6.29 Å². The Bertz CT molecular complexity index is 550. The van der Waals surface area contributed by atoms with E-state index in [9.17, 15) is 4.79 Å². The summed E-state index contributed by atoms with van der Waals surface area (Å²) in [6.07, 6.45) is 2.42. The molecule has 1 aromatic heterocycles. The van der Waals surface area contributed by atoms with Crippen LogP contribution in [0.2, 0.25) is 0 Å². The van der Waals surface area contributed by atoms with Crippen molar-refractivity contribution in [2.45, 2.75) is 6.92 Å². The zero-order valence-electron chi connectivity index (χ0n) is 9.81. The van der Waals surface area contributed by atoms with Crippen LogP contribution < -0.4 is 4.74 Å². The maximum atomic E-state index is 11.1. The van der Waals surface area contributed by atoms with Gasteiger partial charge in [-0.15, -0.1) is 0 Å². The summed E-state index contributed by atoms with van der Waals surface area (Å²) in [5, 5.41) is 0. The smallest absolute Gasteiger partial charge is 0.224 e. The first-order valence-electron chi connectivity index (χ1n) is 5.31. The predicted molar refractivity (Wildman–Crippen MR) is 66.3 cm³/mol. The van der Waals surface area contributed by atoms with Crippen molar-refractivity contribution in [2.75, 3.05) is 7.11 Å². The molecule has 0 saturated carbocycles. The minimum absolute atomic E-state index is 0.360. The first kappa shape index (κ1) is 11.3. The van der Waals surface area contributed by atoms with Gasteiger partial charge in [0, 0.05) is 6.20 Å². The highest BCUT2D eigenvalue weighted by molar-refractivity contribution is 5.90. The minimum atomic E-state index is 0.360. The van der Waals surface area contributed by atoms with Gasteiger partial charge in [0.2, 0.25) is 5.88 Å². The number of ether oxygens (including phenoxy) is 1. The van der Waals surface area contributed by atoms with Crippen LogP contribution in [0.3, 0.4) is 0 Å². The number of nitrogens with zero attached hydrogens (tertiary/aromatic N) is 1. The van der Waals surface area contributed by atoms with Crippen molar-refractivity contribution in [3.05, 3.63) is 47.7 Å². The third kappa shape index (κ3) is 2.18. The monoisotopic (exact) mass is 227 g/mol. The van der Waals surface area contributed by atoms with E-state index in [4.69, 9.17) is 4.74 Å². The van der Waals surface area contributed by atoms with Crippen molar-refractivity contribution < 1.29 is 9.53 Å². The zero-order valence-corrected chi connectivity index (χ0v) is 9.81. The van der Waals surface area contributed by atoms with Gasteiger partial charge in [0.05, 0.1) is 12.7 Å². The fraction of sp³-hybridized carbons (Fsp3) is 0.143. The predicted octanol–water partition coefficient (Wildman–Crippen LogP) is 2.88. The molecule has 3 nitrogen and oxygen atoms in total. The van der Waals surface area contributed by atoms with Gasteiger partial charge in [-0.25, -0.2) is 4.98 Å². The van der Waals surface area contributed by atoms with Crippen LogP contribution in [0.15, 0.2) is 36.5 Å². The molecule has 0 saturated heterocycles. The quantitative estimate of drug-likeness (QED) is 0.757. The lowest BCUT2D eigenvalue weighted by atomic mass is 10.0. The minimum Gasteiger partial charge on any atom is -0.480 e. The molecule has 0 bridgehead atoms. The van der Waals surface area contributed by atoms with E-state index in [1.54, 1.807) is 6.20 Å². The van der Waals surface area contributed by atoms with Crippen LogP contribution >= 0.6 is 0 Å². The van der Waals surface area contributed by atoms with Gasteiger partial charge >= 0.3 is 0 Å². The fourth-order valence-corrected chi connectivity index (χ4v) is 1.79. The number of hydrogen-bond acceptors (Lipinski definition) is 3. The maximum Gasteiger partial charge on any atom is 0.224 e. The molecule has 0 spiro atoms. The highest BCUT2D eigenvalue weighted by Gasteiger charge is 2.10. The number of rotatable bonds is 3. The van der Waals surface area contributed by atoms with Crippen molar-refractivity contribution in [2.24, 2.45) is 0 Å². The lowest BCUT2D eigenvalue weighted by Gasteiger charge is -2.08. The van der Waals surface area contributed by atoms with Crippen molar-refractivity contribution in [3.63, 3.8) is 0 Å². The van der Waals surface area contributed by atoms with Crippen LogP contribution in [0.1, 0.15) is 15.9 Å². The molecule has 2 rings (SSSR count). The molecule has 0 aliphatic heterocycles. The third-order valence-corrected chi connectivity index (χ3v) is 2.59. The Kier molecular flexibility index (Phi) is 3.19. The highest BCUT2D eigenvalue weighted by atomic mass is 16.5. The summed E-state index contributed by atoms with van der Waals surface area (Å²) in [7, 11) is 1.51. The van der Waals surface area contributed by atoms with Crippen molar-refractivity contribution in [1.29, 1.82) is 0 Å². The molecule has 0 aliphatic carbocycles. The zero-order chi connectivity index (χ0) is 12.3. The second kappa shape index (κ2) is 4.78. The van der Waals surface area contributed by atoms with E-state index >= 15 is 0 Å². The van der Waals surface area contributed by atoms with E-state index < -0.39 is 0 Å². The molecule has 0 aliphatic rings. The first-order chi connectivity index (χ1) is 8.26. The molecule has 17 heavy (non-hydrogen) atoms. The summed E-state index contributed by atoms with van der Waals surface area (Å²) in [6.45, 7) is 2.02. The van der Waals surface area contributed by atoms with E-state index in [0.717, 1.165) is 23.0 Å². The van der Waals surface area contributed by atoms with E-state index in [-0.39, 0.29) is 0 Å². The number of aldehydes is 1. The van der Waals surface area contributed by atoms with E-state index in [0.29, 0.717) is 11.4 Å². The second-order valence-electron chi connectivity index (χ2n) is 3.77. The fourth-order valence-electron chi connectivity index (χ4n) is 1.79. The molecule has 1 heterocycles. The van der Waals surface area contributed by atoms with Gasteiger partial charge in [0.1, 0.15) is 0 Å². The molecule has 2 aromatic rings. The molecule has 86 valence electrons. The Morgan fingerprint density at radius 1 is 1.29 bits per heavy atom. The maximum absolute atomic E-state index is 11.1. The molecule has 0 fully saturated rings. The number of hydrogen-bond donors (Lipinski definition) is 0. The van der Waals surface area contributed by atoms with Gasteiger partial charge < -0.3 is 4.74 Å². The van der Waals surface area contributed by atoms with Crippen LogP contribution in [-0.2, 0) is 0 Å². The number of carbonyl (C=O) groups excluding carboxylic acids is 1. The van der Waals surface area contributed by atoms with Gasteiger partial charge in [0.25, 0.3) is 0 Å². The summed E-state index contributed by atoms with van der Waals surface area (Å²) in [5.74, 6) is 0.360. The van der Waals surface area contributed by atoms with Crippen LogP contribution in [0.5, 0.6) is 5.88 Å². The number of pyridine rings is 1. The van der Waals surface area contributed by atoms with Gasteiger partial charge in [0.15, 0.2) is 6.29 Å². The average molecular weight is 227 g/mol. The number of methoxy groups -OCH3 is 1. The van der Waals surface area contributed by atoms with Crippen LogP contribution in [0.25, 0.3) is 11.1 Å². The van der Waals surface area contributed by atoms with Crippen LogP contribution in [0, 0.1) is 6.92 Å². The van der Waals surface area contributed by atoms with E-state index in [1.807, 2.05) is 37.3 Å². The Balaban J connectivity index is 2.63. The van der Waals surface area contributed by atoms with Gasteiger partial charge in [-0.05, 0) is 24.1 Å². The lowest BCUT2D eigenvalue weighted by molar-refractivity contribution is 0.112. The standard InChI is InChI=1S/C14H13NO2/c1-10-4-3-5-11(8-10)12-6-7-15-14(17-2)13(12)9-16/h3-9H,1-2H3. The molecule has 1 aromatic carbocycles. The third-order valence-electron chi connectivity index (χ3n) is 2.59. The van der Waals surface area contributed by atoms with E-state index in [1.165, 1.54) is 7.11 Å². The SMILES string of the molecule is COc1nccc(-c2cccc(C)c2)c1C=O. The number of benzene rings is 1. The Labute approximate surface area is 100 Å². The van der Waals surface area contributed by atoms with Gasteiger partial charge in [-0.2, -0.15) is 0 Å². The highest BCUT2D eigenvalue weighted by Crippen LogP contribution is 2.27. The summed E-state index contributed by atoms with van der Waals surface area (Å²) >= 11 is 0. The molecule has 0 atom stereocenters. The molecule has 0 N–H and O–H groups in total. The van der Waals surface area contributed by atoms with E-state index in [2.05, 4.69) is 4.98 Å². The molecular weight excluding hydrogens is 214 g/mol. The summed E-state index contributed by atoms with van der Waals surface area (Å²) < 4.78 is 5.09. The lowest BCUT2D eigenvalue weighted by Crippen LogP contribution is -1.96. The molecular formula is C14H13NO2. The van der Waals surface area contributed by atoms with Gasteiger partial charge in [-0.3, -0.25) is 4.79 Å². The van der Waals surface area contributed by atoms with Crippen molar-refractivity contribution in [1.82, 2.24) is 4.98 Å². The number of aryl methyl sites for hydroxylation is 1. The molecule has 0 unspecified atom stereocenters. The van der Waals surface area contributed by atoms with Crippen LogP contribution in [-0.4, -0.2) is 18.4 Å². The van der Waals surface area contributed by atoms with Crippen LogP contribution in [0.4, 0.5) is 0 Å². The molecule has 0 radical (unpaired) electrons. The first-order valence-corrected chi connectivity index (χ1v) is 5.31. The Morgan fingerprint density at radius 3 is 2.76 bits per heavy atom. The van der Waals surface area contributed by atoms with Gasteiger partial charge in [-0.1, -0.05) is 29.8 Å².